The number of carbonyl (C=O) groups excluding carboxylic acids is 1. The summed E-state index contributed by atoms with van der Waals surface area (Å²) in [4.78, 5) is 11.7. The Balaban J connectivity index is 2.38. The predicted octanol–water partition coefficient (Wildman–Crippen LogP) is 3.07. The van der Waals surface area contributed by atoms with Crippen LogP contribution in [0.1, 0.15) is 0 Å². The molecule has 1 heterocycles. The number of carbonyl (C=O) groups is 1. The molecule has 0 spiro atoms. The van der Waals surface area contributed by atoms with Crippen LogP contribution in [0.3, 0.4) is 0 Å². The molecule has 20 heavy (non-hydrogen) atoms. The third kappa shape index (κ3) is 1.59. The van der Waals surface area contributed by atoms with Gasteiger partial charge in [-0.05, 0) is 11.1 Å². The maximum absolute atomic E-state index is 12.9. The molecule has 0 bridgehead atoms. The molecule has 3 rings (SSSR count). The van der Waals surface area contributed by atoms with E-state index in [-0.39, 0.29) is 10.6 Å². The van der Waals surface area contributed by atoms with Crippen molar-refractivity contribution < 1.29 is 22.5 Å². The lowest BCUT2D eigenvalue weighted by atomic mass is 10.1. The Morgan fingerprint density at radius 1 is 0.850 bits per heavy atom. The molecule has 0 radical (unpaired) electrons. The first-order valence-corrected chi connectivity index (χ1v) is 7.49. The largest absolute Gasteiger partial charge is 0.458 e. The fraction of sp³-hybridized carbons (Fsp3) is 0.0714. The van der Waals surface area contributed by atoms with Gasteiger partial charge in [-0.25, -0.2) is 0 Å². The van der Waals surface area contributed by atoms with Crippen LogP contribution in [0, 0.1) is 0 Å². The fourth-order valence-electron chi connectivity index (χ4n) is 2.48. The number of alkyl halides is 3. The minimum absolute atomic E-state index is 0.0245. The van der Waals surface area contributed by atoms with Gasteiger partial charge in [-0.3, -0.25) is 4.79 Å². The highest BCUT2D eigenvalue weighted by Gasteiger charge is 2.55. The molecule has 0 fully saturated rings. The van der Waals surface area contributed by atoms with E-state index in [2.05, 4.69) is 0 Å². The molecule has 1 aliphatic rings. The summed E-state index contributed by atoms with van der Waals surface area (Å²) in [7, 11) is -4.33. The standard InChI is InChI=1S/C14H8F3O2P/c15-14(16,17)13(18)20(19)11-7-3-1-5-9(11)10-6-2-4-8-12(10)20/h1-8H. The summed E-state index contributed by atoms with van der Waals surface area (Å²) in [5, 5.41) is -0.0490. The van der Waals surface area contributed by atoms with E-state index in [4.69, 9.17) is 0 Å². The van der Waals surface area contributed by atoms with Crippen LogP contribution in [0.2, 0.25) is 0 Å². The van der Waals surface area contributed by atoms with Crippen molar-refractivity contribution in [3.63, 3.8) is 0 Å². The van der Waals surface area contributed by atoms with Gasteiger partial charge in [-0.15, -0.1) is 0 Å². The highest BCUT2D eigenvalue weighted by molar-refractivity contribution is 7.94. The molecule has 0 aliphatic carbocycles. The molecule has 0 aromatic heterocycles. The minimum atomic E-state index is -5.12. The first-order valence-electron chi connectivity index (χ1n) is 5.78. The Morgan fingerprint density at radius 3 is 1.65 bits per heavy atom. The lowest BCUT2D eigenvalue weighted by molar-refractivity contribution is -0.161. The van der Waals surface area contributed by atoms with Crippen LogP contribution in [0.25, 0.3) is 11.1 Å². The van der Waals surface area contributed by atoms with Gasteiger partial charge in [-0.2, -0.15) is 13.2 Å². The first-order chi connectivity index (χ1) is 9.37. The van der Waals surface area contributed by atoms with E-state index in [1.807, 2.05) is 0 Å². The zero-order valence-electron chi connectivity index (χ0n) is 10.0. The summed E-state index contributed by atoms with van der Waals surface area (Å²) >= 11 is 0. The monoisotopic (exact) mass is 296 g/mol. The fourth-order valence-corrected chi connectivity index (χ4v) is 5.19. The summed E-state index contributed by atoms with van der Waals surface area (Å²) in [5.74, 6) is 0. The second kappa shape index (κ2) is 4.06. The number of hydrogen-bond acceptors (Lipinski definition) is 2. The van der Waals surface area contributed by atoms with Gasteiger partial charge in [0.15, 0.2) is 0 Å². The minimum Gasteiger partial charge on any atom is -0.305 e. The van der Waals surface area contributed by atoms with Crippen LogP contribution < -0.4 is 10.6 Å². The maximum atomic E-state index is 12.9. The van der Waals surface area contributed by atoms with Crippen molar-refractivity contribution in [2.45, 2.75) is 6.18 Å². The van der Waals surface area contributed by atoms with E-state index in [1.54, 1.807) is 24.3 Å². The summed E-state index contributed by atoms with van der Waals surface area (Å²) in [6.07, 6.45) is -5.12. The molecule has 2 aromatic carbocycles. The number of rotatable bonds is 1. The second-order valence-corrected chi connectivity index (χ2v) is 7.03. The second-order valence-electron chi connectivity index (χ2n) is 4.45. The molecular formula is C14H8F3O2P. The first kappa shape index (κ1) is 13.1. The zero-order valence-corrected chi connectivity index (χ0v) is 10.9. The van der Waals surface area contributed by atoms with Crippen LogP contribution in [0.15, 0.2) is 48.5 Å². The van der Waals surface area contributed by atoms with E-state index in [9.17, 15) is 22.5 Å². The summed E-state index contributed by atoms with van der Waals surface area (Å²) in [6.45, 7) is 0. The average Bonchev–Trinajstić information content (AvgIpc) is 2.69. The van der Waals surface area contributed by atoms with Crippen molar-refractivity contribution in [2.75, 3.05) is 0 Å². The highest BCUT2D eigenvalue weighted by atomic mass is 31.2. The molecular weight excluding hydrogens is 288 g/mol. The van der Waals surface area contributed by atoms with Crippen LogP contribution in [-0.2, 0) is 9.36 Å². The normalized spacial score (nSPS) is 15.6. The van der Waals surface area contributed by atoms with Crippen molar-refractivity contribution in [3.8, 4) is 11.1 Å². The third-order valence-electron chi connectivity index (χ3n) is 3.31. The summed E-state index contributed by atoms with van der Waals surface area (Å²) in [5.41, 5.74) is -1.30. The van der Waals surface area contributed by atoms with Crippen molar-refractivity contribution in [2.24, 2.45) is 0 Å². The van der Waals surface area contributed by atoms with Crippen molar-refractivity contribution in [1.82, 2.24) is 0 Å². The molecule has 0 saturated carbocycles. The topological polar surface area (TPSA) is 34.1 Å². The van der Waals surface area contributed by atoms with Crippen molar-refractivity contribution in [3.05, 3.63) is 48.5 Å². The Kier molecular flexibility index (Phi) is 2.67. The summed E-state index contributed by atoms with van der Waals surface area (Å²) < 4.78 is 51.4. The van der Waals surface area contributed by atoms with Crippen LogP contribution >= 0.6 is 7.14 Å². The predicted molar refractivity (Wildman–Crippen MR) is 69.8 cm³/mol. The molecule has 0 unspecified atom stereocenters. The van der Waals surface area contributed by atoms with Crippen LogP contribution in [0.4, 0.5) is 13.2 Å². The Hall–Kier alpha value is -1.87. The quantitative estimate of drug-likeness (QED) is 0.758. The van der Waals surface area contributed by atoms with Gasteiger partial charge in [0, 0.05) is 10.6 Å². The van der Waals surface area contributed by atoms with Crippen LogP contribution in [-0.4, -0.2) is 11.7 Å². The molecule has 1 aliphatic heterocycles. The van der Waals surface area contributed by atoms with Gasteiger partial charge in [0.2, 0.25) is 7.14 Å². The SMILES string of the molecule is O=C(C(F)(F)F)P1(=O)c2ccccc2-c2ccccc21. The van der Waals surface area contributed by atoms with Crippen LogP contribution in [0.5, 0.6) is 0 Å². The van der Waals surface area contributed by atoms with Gasteiger partial charge < -0.3 is 4.57 Å². The number of halogens is 3. The van der Waals surface area contributed by atoms with Gasteiger partial charge >= 0.3 is 11.7 Å². The van der Waals surface area contributed by atoms with Gasteiger partial charge in [-0.1, -0.05) is 48.5 Å². The highest BCUT2D eigenvalue weighted by Crippen LogP contribution is 2.56. The molecule has 2 aromatic rings. The smallest absolute Gasteiger partial charge is 0.305 e. The molecule has 6 heteroatoms. The van der Waals surface area contributed by atoms with Crippen molar-refractivity contribution >= 4 is 23.3 Å². The summed E-state index contributed by atoms with van der Waals surface area (Å²) in [6, 6.07) is 12.1. The molecule has 0 saturated heterocycles. The van der Waals surface area contributed by atoms with E-state index in [0.717, 1.165) is 0 Å². The van der Waals surface area contributed by atoms with E-state index < -0.39 is 18.8 Å². The third-order valence-corrected chi connectivity index (χ3v) is 6.27. The number of benzene rings is 2. The lowest BCUT2D eigenvalue weighted by Crippen LogP contribution is -2.29. The van der Waals surface area contributed by atoms with Crippen molar-refractivity contribution in [1.29, 1.82) is 0 Å². The number of fused-ring (bicyclic) bond motifs is 3. The van der Waals surface area contributed by atoms with E-state index in [1.165, 1.54) is 24.3 Å². The average molecular weight is 296 g/mol. The van der Waals surface area contributed by atoms with E-state index >= 15 is 0 Å². The Bertz CT molecular complexity index is 716. The van der Waals surface area contributed by atoms with Gasteiger partial charge in [0.25, 0.3) is 0 Å². The molecule has 0 atom stereocenters. The Morgan fingerprint density at radius 2 is 1.25 bits per heavy atom. The lowest BCUT2D eigenvalue weighted by Gasteiger charge is -2.15. The Labute approximate surface area is 112 Å². The molecule has 0 amide bonds. The zero-order chi connectivity index (χ0) is 14.5. The maximum Gasteiger partial charge on any atom is 0.458 e. The van der Waals surface area contributed by atoms with Gasteiger partial charge in [0.1, 0.15) is 0 Å². The molecule has 102 valence electrons. The van der Waals surface area contributed by atoms with E-state index in [0.29, 0.717) is 11.1 Å². The van der Waals surface area contributed by atoms with Gasteiger partial charge in [0.05, 0.1) is 0 Å². The molecule has 0 N–H and O–H groups in total. The molecule has 2 nitrogen and oxygen atoms in total. The number of hydrogen-bond donors (Lipinski definition) is 0.